The minimum Gasteiger partial charge on any atom is -0.300 e. The molecule has 3 heterocycles. The Morgan fingerprint density at radius 1 is 1.36 bits per heavy atom. The number of pyridine rings is 2. The van der Waals surface area contributed by atoms with E-state index in [9.17, 15) is 4.79 Å². The number of rotatable bonds is 5. The molecule has 0 fully saturated rings. The van der Waals surface area contributed by atoms with E-state index in [1.54, 1.807) is 53.6 Å². The van der Waals surface area contributed by atoms with Crippen molar-refractivity contribution >= 4 is 45.0 Å². The first kappa shape index (κ1) is 21.6. The third-order valence-corrected chi connectivity index (χ3v) is 5.09. The molecule has 0 saturated carbocycles. The third-order valence-electron chi connectivity index (χ3n) is 3.41. The molecule has 25 heavy (non-hydrogen) atoms. The normalized spacial score (nSPS) is 10.0. The van der Waals surface area contributed by atoms with Crippen LogP contribution in [-0.2, 0) is 23.4 Å². The van der Waals surface area contributed by atoms with Crippen molar-refractivity contribution in [1.82, 2.24) is 15.0 Å². The zero-order valence-corrected chi connectivity index (χ0v) is 16.4. The first-order valence-corrected chi connectivity index (χ1v) is 9.32. The molecule has 0 aliphatic rings. The van der Waals surface area contributed by atoms with Gasteiger partial charge in [-0.2, -0.15) is 11.8 Å². The number of hydrogen-bond acceptors (Lipinski definition) is 6. The molecule has 131 valence electrons. The van der Waals surface area contributed by atoms with Crippen molar-refractivity contribution in [3.05, 3.63) is 36.8 Å². The van der Waals surface area contributed by atoms with Crippen LogP contribution in [0.25, 0.3) is 20.8 Å². The maximum Gasteiger partial charge on any atom is 0.228 e. The molecule has 0 aromatic carbocycles. The van der Waals surface area contributed by atoms with E-state index in [1.165, 1.54) is 0 Å². The van der Waals surface area contributed by atoms with Crippen molar-refractivity contribution in [2.75, 3.05) is 24.0 Å². The van der Waals surface area contributed by atoms with Gasteiger partial charge in [0.1, 0.15) is 16.3 Å². The van der Waals surface area contributed by atoms with Crippen LogP contribution in [0.1, 0.15) is 13.8 Å². The molecule has 0 bridgehead atoms. The van der Waals surface area contributed by atoms with Crippen LogP contribution in [0.2, 0.25) is 0 Å². The van der Waals surface area contributed by atoms with Gasteiger partial charge < -0.3 is 0 Å². The Morgan fingerprint density at radius 3 is 2.84 bits per heavy atom. The number of carbonyl (C=O) groups excluding carboxylic acids is 1. The molecule has 3 rings (SSSR count). The Labute approximate surface area is 168 Å². The summed E-state index contributed by atoms with van der Waals surface area (Å²) >= 11 is 3.24. The van der Waals surface area contributed by atoms with Crippen molar-refractivity contribution in [3.63, 3.8) is 0 Å². The molecule has 3 aromatic rings. The molecule has 0 atom stereocenters. The van der Waals surface area contributed by atoms with Crippen LogP contribution in [0.3, 0.4) is 0 Å². The Balaban J connectivity index is 0.00000156. The van der Waals surface area contributed by atoms with Crippen LogP contribution >= 0.6 is 23.1 Å². The van der Waals surface area contributed by atoms with Gasteiger partial charge in [0.25, 0.3) is 0 Å². The molecule has 0 N–H and O–H groups in total. The predicted molar refractivity (Wildman–Crippen MR) is 104 cm³/mol. The van der Waals surface area contributed by atoms with Gasteiger partial charge in [-0.25, -0.2) is 9.97 Å². The summed E-state index contributed by atoms with van der Waals surface area (Å²) in [5, 5.41) is 0.906. The summed E-state index contributed by atoms with van der Waals surface area (Å²) < 4.78 is 1.01. The number of hydrogen-bond donors (Lipinski definition) is 0. The molecular weight excluding hydrogens is 391 g/mol. The zero-order chi connectivity index (χ0) is 16.2. The second-order valence-corrected chi connectivity index (χ2v) is 6.98. The molecule has 0 aliphatic heterocycles. The van der Waals surface area contributed by atoms with Crippen LogP contribution < -0.4 is 4.90 Å². The minimum absolute atomic E-state index is 0. The van der Waals surface area contributed by atoms with Gasteiger partial charge in [0.05, 0.1) is 10.9 Å². The predicted octanol–water partition coefficient (Wildman–Crippen LogP) is 4.10. The van der Waals surface area contributed by atoms with Gasteiger partial charge in [-0.3, -0.25) is 14.7 Å². The van der Waals surface area contributed by atoms with Gasteiger partial charge in [0.15, 0.2) is 0 Å². The van der Waals surface area contributed by atoms with Gasteiger partial charge in [0.2, 0.25) is 5.91 Å². The van der Waals surface area contributed by atoms with Crippen LogP contribution in [-0.4, -0.2) is 39.9 Å². The summed E-state index contributed by atoms with van der Waals surface area (Å²) in [4.78, 5) is 26.8. The largest absolute Gasteiger partial charge is 0.300 e. The summed E-state index contributed by atoms with van der Waals surface area (Å²) in [5.74, 6) is 1.55. The summed E-state index contributed by atoms with van der Waals surface area (Å²) in [6, 6.07) is 5.80. The fourth-order valence-electron chi connectivity index (χ4n) is 2.10. The van der Waals surface area contributed by atoms with E-state index in [0.29, 0.717) is 12.2 Å². The molecule has 0 unspecified atom stereocenters. The number of carbonyl (C=O) groups is 1. The monoisotopic (exact) mass is 411 g/mol. The molecule has 1 amide bonds. The van der Waals surface area contributed by atoms with Gasteiger partial charge in [-0.05, 0) is 18.4 Å². The van der Waals surface area contributed by atoms with Gasteiger partial charge in [-0.1, -0.05) is 7.43 Å². The summed E-state index contributed by atoms with van der Waals surface area (Å²) in [6.07, 6.45) is 7.77. The number of thioether (sulfide) groups is 1. The molecule has 1 radical (unpaired) electrons. The van der Waals surface area contributed by atoms with E-state index in [2.05, 4.69) is 15.0 Å². The Bertz CT molecular complexity index is 826. The Morgan fingerprint density at radius 2 is 2.16 bits per heavy atom. The van der Waals surface area contributed by atoms with E-state index >= 15 is 0 Å². The van der Waals surface area contributed by atoms with Crippen LogP contribution in [0, 0.1) is 0 Å². The smallest absolute Gasteiger partial charge is 0.228 e. The number of fused-ring (bicyclic) bond motifs is 1. The summed E-state index contributed by atoms with van der Waals surface area (Å²) in [7, 11) is 1.76. The van der Waals surface area contributed by atoms with Gasteiger partial charge in [0, 0.05) is 61.8 Å². The molecule has 3 aromatic heterocycles. The Hall–Kier alpha value is -1.41. The third kappa shape index (κ3) is 5.04. The average molecular weight is 411 g/mol. The van der Waals surface area contributed by atoms with E-state index in [4.69, 9.17) is 0 Å². The van der Waals surface area contributed by atoms with E-state index in [-0.39, 0.29) is 31.9 Å². The number of aromatic nitrogens is 3. The van der Waals surface area contributed by atoms with Gasteiger partial charge in [-0.15, -0.1) is 11.3 Å². The maximum atomic E-state index is 12.1. The molecule has 0 saturated heterocycles. The van der Waals surface area contributed by atoms with E-state index in [0.717, 1.165) is 26.5 Å². The topological polar surface area (TPSA) is 59.0 Å². The fraction of sp³-hybridized carbons (Fsp3) is 0.294. The molecular formula is C17H20N4OS2V. The molecule has 5 nitrogen and oxygen atoms in total. The first-order chi connectivity index (χ1) is 11.2. The second-order valence-electron chi connectivity index (χ2n) is 4.97. The number of nitrogens with zero attached hydrogens (tertiary/aromatic N) is 4. The average Bonchev–Trinajstić information content (AvgIpc) is 3.03. The van der Waals surface area contributed by atoms with E-state index < -0.39 is 0 Å². The zero-order valence-electron chi connectivity index (χ0n) is 13.3. The number of anilines is 1. The number of amides is 1. The molecule has 0 spiro atoms. The van der Waals surface area contributed by atoms with E-state index in [1.807, 2.05) is 24.5 Å². The fourth-order valence-corrected chi connectivity index (χ4v) is 3.44. The second kappa shape index (κ2) is 9.92. The van der Waals surface area contributed by atoms with Crippen molar-refractivity contribution in [3.8, 4) is 10.6 Å². The van der Waals surface area contributed by atoms with Crippen molar-refractivity contribution < 1.29 is 23.4 Å². The van der Waals surface area contributed by atoms with Crippen molar-refractivity contribution in [2.45, 2.75) is 13.8 Å². The van der Waals surface area contributed by atoms with Crippen LogP contribution in [0.15, 0.2) is 36.8 Å². The summed E-state index contributed by atoms with van der Waals surface area (Å²) in [6.45, 7) is 0. The maximum absolute atomic E-state index is 12.1. The standard InChI is InChI=1S/C16H16N4OS2.CH4.V/c1-20(15(21)5-7-22-2)14-8-13-12(10-18-14)19-16(23-13)11-4-3-6-17-9-11;;/h3-4,6,8-10H,5,7H2,1-2H3;1H4;. The molecule has 0 aliphatic carbocycles. The van der Waals surface area contributed by atoms with Crippen molar-refractivity contribution in [1.29, 1.82) is 0 Å². The SMILES string of the molecule is C.CSCCC(=O)N(C)c1cc2sc(-c3cccnc3)nc2cn1.[V]. The van der Waals surface area contributed by atoms with Crippen LogP contribution in [0.5, 0.6) is 0 Å². The summed E-state index contributed by atoms with van der Waals surface area (Å²) in [5.41, 5.74) is 1.82. The first-order valence-electron chi connectivity index (χ1n) is 7.11. The number of thiazole rings is 1. The quantitative estimate of drug-likeness (QED) is 0.633. The van der Waals surface area contributed by atoms with Gasteiger partial charge >= 0.3 is 0 Å². The van der Waals surface area contributed by atoms with Crippen LogP contribution in [0.4, 0.5) is 5.82 Å². The Kier molecular flexibility index (Phi) is 8.58. The minimum atomic E-state index is 0. The van der Waals surface area contributed by atoms with Crippen molar-refractivity contribution in [2.24, 2.45) is 0 Å². The molecule has 8 heteroatoms.